The van der Waals surface area contributed by atoms with Crippen molar-refractivity contribution in [2.75, 3.05) is 11.5 Å². The van der Waals surface area contributed by atoms with Crippen LogP contribution in [0.1, 0.15) is 33.6 Å². The molecular weight excluding hydrogens is 178 g/mol. The lowest BCUT2D eigenvalue weighted by Gasteiger charge is -2.11. The quantitative estimate of drug-likeness (QED) is 0.641. The minimum Gasteiger partial charge on any atom is -0.327 e. The lowest BCUT2D eigenvalue weighted by molar-refractivity contribution is 0.669. The maximum Gasteiger partial charge on any atom is 0.0133 e. The minimum absolute atomic E-state index is 0.348. The summed E-state index contributed by atoms with van der Waals surface area (Å²) in [6, 6.07) is 0.348. The molecule has 0 bridgehead atoms. The van der Waals surface area contributed by atoms with E-state index < -0.39 is 0 Å². The highest BCUT2D eigenvalue weighted by Gasteiger charge is 2.03. The van der Waals surface area contributed by atoms with Crippen LogP contribution in [0.25, 0.3) is 0 Å². The summed E-state index contributed by atoms with van der Waals surface area (Å²) in [4.78, 5) is 0. The fraction of sp³-hybridized carbons (Fsp3) is 0.818. The van der Waals surface area contributed by atoms with Crippen molar-refractivity contribution in [1.29, 1.82) is 0 Å². The van der Waals surface area contributed by atoms with Crippen molar-refractivity contribution in [1.82, 2.24) is 0 Å². The summed E-state index contributed by atoms with van der Waals surface area (Å²) in [5, 5.41) is 0. The highest BCUT2D eigenvalue weighted by atomic mass is 32.2. The molecule has 0 aromatic rings. The van der Waals surface area contributed by atoms with Crippen molar-refractivity contribution in [3.63, 3.8) is 0 Å². The summed E-state index contributed by atoms with van der Waals surface area (Å²) < 4.78 is 0. The second kappa shape index (κ2) is 7.45. The second-order valence-electron chi connectivity index (χ2n) is 4.19. The lowest BCUT2D eigenvalue weighted by atomic mass is 10.1. The molecule has 0 aliphatic carbocycles. The van der Waals surface area contributed by atoms with Crippen LogP contribution in [0, 0.1) is 5.92 Å². The van der Waals surface area contributed by atoms with Crippen LogP contribution in [-0.2, 0) is 0 Å². The van der Waals surface area contributed by atoms with Gasteiger partial charge in [-0.3, -0.25) is 0 Å². The van der Waals surface area contributed by atoms with E-state index in [-0.39, 0.29) is 0 Å². The normalized spacial score (nSPS) is 13.3. The van der Waals surface area contributed by atoms with Gasteiger partial charge in [-0.15, -0.1) is 6.58 Å². The third kappa shape index (κ3) is 9.97. The molecule has 0 heterocycles. The summed E-state index contributed by atoms with van der Waals surface area (Å²) in [5.74, 6) is 3.09. The zero-order valence-corrected chi connectivity index (χ0v) is 9.99. The smallest absolute Gasteiger partial charge is 0.0133 e. The Hall–Kier alpha value is 0.0500. The van der Waals surface area contributed by atoms with Gasteiger partial charge in [-0.05, 0) is 31.4 Å². The van der Waals surface area contributed by atoms with Crippen LogP contribution in [0.5, 0.6) is 0 Å². The molecule has 0 aliphatic heterocycles. The topological polar surface area (TPSA) is 26.0 Å². The van der Waals surface area contributed by atoms with Crippen LogP contribution in [-0.4, -0.2) is 17.5 Å². The van der Waals surface area contributed by atoms with Gasteiger partial charge >= 0.3 is 0 Å². The van der Waals surface area contributed by atoms with Gasteiger partial charge in [0.15, 0.2) is 0 Å². The molecule has 0 saturated heterocycles. The Kier molecular flexibility index (Phi) is 7.48. The molecule has 0 amide bonds. The maximum absolute atomic E-state index is 5.95. The largest absolute Gasteiger partial charge is 0.327 e. The monoisotopic (exact) mass is 201 g/mol. The fourth-order valence-corrected chi connectivity index (χ4v) is 2.05. The van der Waals surface area contributed by atoms with E-state index in [9.17, 15) is 0 Å². The van der Waals surface area contributed by atoms with Crippen molar-refractivity contribution in [2.45, 2.75) is 39.7 Å². The molecule has 1 unspecified atom stereocenters. The van der Waals surface area contributed by atoms with Gasteiger partial charge in [-0.25, -0.2) is 0 Å². The van der Waals surface area contributed by atoms with E-state index in [0.29, 0.717) is 6.04 Å². The average Bonchev–Trinajstić information content (AvgIpc) is 2.00. The zero-order valence-electron chi connectivity index (χ0n) is 9.18. The number of hydrogen-bond acceptors (Lipinski definition) is 2. The van der Waals surface area contributed by atoms with E-state index in [1.807, 2.05) is 11.8 Å². The van der Waals surface area contributed by atoms with Gasteiger partial charge in [-0.2, -0.15) is 11.8 Å². The molecule has 1 atom stereocenters. The van der Waals surface area contributed by atoms with Gasteiger partial charge in [0.05, 0.1) is 0 Å². The minimum atomic E-state index is 0.348. The molecule has 0 aromatic heterocycles. The SMILES string of the molecule is C=C(C)CCC(N)CSCC(C)C. The molecule has 2 heteroatoms. The molecule has 0 radical (unpaired) electrons. The number of allylic oxidation sites excluding steroid dienone is 1. The van der Waals surface area contributed by atoms with Gasteiger partial charge in [-0.1, -0.05) is 19.4 Å². The van der Waals surface area contributed by atoms with Crippen molar-refractivity contribution < 1.29 is 0 Å². The van der Waals surface area contributed by atoms with E-state index >= 15 is 0 Å². The van der Waals surface area contributed by atoms with Gasteiger partial charge < -0.3 is 5.73 Å². The van der Waals surface area contributed by atoms with Crippen molar-refractivity contribution in [2.24, 2.45) is 11.7 Å². The Bertz CT molecular complexity index is 143. The predicted molar refractivity (Wildman–Crippen MR) is 64.2 cm³/mol. The Balaban J connectivity index is 3.30. The number of nitrogens with two attached hydrogens (primary N) is 1. The Morgan fingerprint density at radius 3 is 2.46 bits per heavy atom. The van der Waals surface area contributed by atoms with Gasteiger partial charge in [0.25, 0.3) is 0 Å². The third-order valence-corrected chi connectivity index (χ3v) is 3.29. The molecule has 0 aromatic carbocycles. The molecular formula is C11H23NS. The zero-order chi connectivity index (χ0) is 10.3. The second-order valence-corrected chi connectivity index (χ2v) is 5.26. The van der Waals surface area contributed by atoms with Crippen LogP contribution in [0.4, 0.5) is 0 Å². The van der Waals surface area contributed by atoms with Crippen molar-refractivity contribution in [3.05, 3.63) is 12.2 Å². The van der Waals surface area contributed by atoms with E-state index in [1.54, 1.807) is 0 Å². The van der Waals surface area contributed by atoms with E-state index in [1.165, 1.54) is 11.3 Å². The summed E-state index contributed by atoms with van der Waals surface area (Å²) in [6.07, 6.45) is 2.16. The van der Waals surface area contributed by atoms with Gasteiger partial charge in [0.2, 0.25) is 0 Å². The van der Waals surface area contributed by atoms with E-state index in [2.05, 4.69) is 27.4 Å². The highest BCUT2D eigenvalue weighted by molar-refractivity contribution is 7.99. The van der Waals surface area contributed by atoms with Gasteiger partial charge in [0, 0.05) is 11.8 Å². The standard InChI is InChI=1S/C11H23NS/c1-9(2)5-6-11(12)8-13-7-10(3)4/h10-11H,1,5-8,12H2,2-4H3. The number of hydrogen-bond donors (Lipinski definition) is 1. The van der Waals surface area contributed by atoms with Gasteiger partial charge in [0.1, 0.15) is 0 Å². The Morgan fingerprint density at radius 2 is 2.00 bits per heavy atom. The molecule has 0 fully saturated rings. The molecule has 2 N–H and O–H groups in total. The summed E-state index contributed by atoms with van der Waals surface area (Å²) in [5.41, 5.74) is 7.19. The fourth-order valence-electron chi connectivity index (χ4n) is 0.970. The maximum atomic E-state index is 5.95. The number of rotatable bonds is 7. The first-order valence-corrected chi connectivity index (χ1v) is 6.15. The van der Waals surface area contributed by atoms with Crippen molar-refractivity contribution in [3.8, 4) is 0 Å². The molecule has 13 heavy (non-hydrogen) atoms. The van der Waals surface area contributed by atoms with E-state index in [0.717, 1.165) is 24.5 Å². The molecule has 0 aliphatic rings. The third-order valence-electron chi connectivity index (χ3n) is 1.73. The number of thioether (sulfide) groups is 1. The predicted octanol–water partition coefficient (Wildman–Crippen LogP) is 3.06. The highest BCUT2D eigenvalue weighted by Crippen LogP contribution is 2.11. The van der Waals surface area contributed by atoms with Crippen molar-refractivity contribution >= 4 is 11.8 Å². The lowest BCUT2D eigenvalue weighted by Crippen LogP contribution is -2.23. The Labute approximate surface area is 87.2 Å². The van der Waals surface area contributed by atoms with Crippen LogP contribution >= 0.6 is 11.8 Å². The van der Waals surface area contributed by atoms with Crippen LogP contribution in [0.15, 0.2) is 12.2 Å². The summed E-state index contributed by atoms with van der Waals surface area (Å²) in [7, 11) is 0. The molecule has 1 nitrogen and oxygen atoms in total. The first-order chi connectivity index (χ1) is 6.02. The summed E-state index contributed by atoms with van der Waals surface area (Å²) in [6.45, 7) is 10.4. The average molecular weight is 201 g/mol. The molecule has 78 valence electrons. The van der Waals surface area contributed by atoms with E-state index in [4.69, 9.17) is 5.73 Å². The first kappa shape index (κ1) is 13.1. The van der Waals surface area contributed by atoms with Crippen LogP contribution in [0.3, 0.4) is 0 Å². The van der Waals surface area contributed by atoms with Crippen LogP contribution < -0.4 is 5.73 Å². The summed E-state index contributed by atoms with van der Waals surface area (Å²) >= 11 is 1.97. The van der Waals surface area contributed by atoms with Crippen LogP contribution in [0.2, 0.25) is 0 Å². The molecule has 0 spiro atoms. The molecule has 0 rings (SSSR count). The molecule has 0 saturated carbocycles. The Morgan fingerprint density at radius 1 is 1.38 bits per heavy atom. The first-order valence-electron chi connectivity index (χ1n) is 5.00.